The van der Waals surface area contributed by atoms with Crippen LogP contribution in [0.25, 0.3) is 10.9 Å². The highest BCUT2D eigenvalue weighted by Gasteiger charge is 2.15. The average molecular weight is 713 g/mol. The molecule has 2 amide bonds. The van der Waals surface area contributed by atoms with Gasteiger partial charge in [0.15, 0.2) is 11.6 Å². The zero-order valence-corrected chi connectivity index (χ0v) is 30.7. The number of aromatic nitrogens is 1. The number of hydrogen-bond acceptors (Lipinski definition) is 8. The molecular weight excluding hydrogens is 668 g/mol. The van der Waals surface area contributed by atoms with Gasteiger partial charge < -0.3 is 30.5 Å². The second kappa shape index (κ2) is 19.7. The fourth-order valence-corrected chi connectivity index (χ4v) is 4.59. The van der Waals surface area contributed by atoms with E-state index in [1.807, 2.05) is 30.3 Å². The number of thioether (sulfide) groups is 1. The maximum absolute atomic E-state index is 14.7. The summed E-state index contributed by atoms with van der Waals surface area (Å²) in [7, 11) is 1.73. The number of aliphatic hydroxyl groups is 1. The summed E-state index contributed by atoms with van der Waals surface area (Å²) >= 11 is 1.78. The average Bonchev–Trinajstić information content (AvgIpc) is 3.12. The van der Waals surface area contributed by atoms with Gasteiger partial charge in [0.25, 0.3) is 5.91 Å². The molecule has 11 heteroatoms. The summed E-state index contributed by atoms with van der Waals surface area (Å²) in [6, 6.07) is 28.9. The highest BCUT2D eigenvalue weighted by molar-refractivity contribution is 7.98. The standard InChI is InChI=1S/C25H28FN3O4.C8H10S.C7H7NO/c1-15(16(2)27-5)24(30)29-17-6-9-23(20(26)12-17)33-22-10-11-28-21-13-18(7-8-19(21)22)32-14-25(3,4)31;1-7-3-5-8(9-2)6-4-7;9-6-8-7-4-2-1-3-5-7/h6-13,27,31H,14H2,1-5H3,(H,29,30);3-6H,1-2H3;1-6H,(H,8,9)/b16-15+;;. The third-order valence-corrected chi connectivity index (χ3v) is 7.95. The lowest BCUT2D eigenvalue weighted by molar-refractivity contribution is -0.113. The van der Waals surface area contributed by atoms with Crippen LogP contribution < -0.4 is 25.4 Å². The first-order valence-corrected chi connectivity index (χ1v) is 17.3. The number of hydrogen-bond donors (Lipinski definition) is 4. The predicted molar refractivity (Wildman–Crippen MR) is 205 cm³/mol. The topological polar surface area (TPSA) is 122 Å². The maximum atomic E-state index is 14.7. The molecule has 0 unspecified atom stereocenters. The lowest BCUT2D eigenvalue weighted by Crippen LogP contribution is -2.27. The van der Waals surface area contributed by atoms with Crippen molar-refractivity contribution in [1.29, 1.82) is 0 Å². The van der Waals surface area contributed by atoms with Crippen molar-refractivity contribution in [3.63, 3.8) is 0 Å². The highest BCUT2D eigenvalue weighted by Crippen LogP contribution is 2.33. The Balaban J connectivity index is 0.000000314. The molecule has 1 heterocycles. The van der Waals surface area contributed by atoms with Gasteiger partial charge in [0, 0.05) is 58.3 Å². The number of nitrogens with zero attached hydrogens (tertiary/aromatic N) is 1. The van der Waals surface area contributed by atoms with Crippen LogP contribution in [0, 0.1) is 12.7 Å². The Morgan fingerprint density at radius 2 is 1.65 bits per heavy atom. The first-order valence-electron chi connectivity index (χ1n) is 16.1. The van der Waals surface area contributed by atoms with E-state index in [-0.39, 0.29) is 18.3 Å². The summed E-state index contributed by atoms with van der Waals surface area (Å²) in [4.78, 5) is 27.8. The van der Waals surface area contributed by atoms with Gasteiger partial charge in [-0.3, -0.25) is 14.6 Å². The summed E-state index contributed by atoms with van der Waals surface area (Å²) in [5, 5.41) is 18.6. The van der Waals surface area contributed by atoms with Crippen LogP contribution in [0.2, 0.25) is 0 Å². The summed E-state index contributed by atoms with van der Waals surface area (Å²) in [6.45, 7) is 9.02. The van der Waals surface area contributed by atoms with Gasteiger partial charge in [-0.1, -0.05) is 35.9 Å². The molecule has 0 saturated carbocycles. The highest BCUT2D eigenvalue weighted by atomic mass is 32.2. The van der Waals surface area contributed by atoms with Gasteiger partial charge in [0.05, 0.1) is 11.1 Å². The number of anilines is 2. The summed E-state index contributed by atoms with van der Waals surface area (Å²) in [5.74, 6) is 0.0561. The van der Waals surface area contributed by atoms with Crippen LogP contribution in [-0.4, -0.2) is 47.9 Å². The zero-order chi connectivity index (χ0) is 37.4. The van der Waals surface area contributed by atoms with Gasteiger partial charge in [-0.2, -0.15) is 0 Å². The molecule has 0 bridgehead atoms. The number of rotatable bonds is 11. The van der Waals surface area contributed by atoms with Gasteiger partial charge in [0.1, 0.15) is 18.1 Å². The number of fused-ring (bicyclic) bond motifs is 1. The first-order chi connectivity index (χ1) is 24.3. The van der Waals surface area contributed by atoms with Crippen LogP contribution in [0.15, 0.2) is 119 Å². The number of carbonyl (C=O) groups is 2. The minimum absolute atomic E-state index is 0.0153. The molecule has 4 N–H and O–H groups in total. The number of aryl methyl sites for hydroxylation is 1. The Hall–Kier alpha value is -5.39. The van der Waals surface area contributed by atoms with E-state index in [9.17, 15) is 19.1 Å². The number of benzene rings is 4. The number of pyridine rings is 1. The quantitative estimate of drug-likeness (QED) is 0.0610. The molecule has 0 saturated heterocycles. The fourth-order valence-electron chi connectivity index (χ4n) is 4.18. The molecule has 0 aliphatic rings. The zero-order valence-electron chi connectivity index (χ0n) is 29.9. The Morgan fingerprint density at radius 1 is 0.941 bits per heavy atom. The third kappa shape index (κ3) is 13.4. The summed E-state index contributed by atoms with van der Waals surface area (Å²) < 4.78 is 26.1. The number of nitrogens with one attached hydrogen (secondary N) is 3. The van der Waals surface area contributed by atoms with Crippen LogP contribution in [-0.2, 0) is 9.59 Å². The second-order valence-electron chi connectivity index (χ2n) is 11.9. The molecule has 9 nitrogen and oxygen atoms in total. The molecule has 4 aromatic carbocycles. The monoisotopic (exact) mass is 712 g/mol. The van der Waals surface area contributed by atoms with Crippen molar-refractivity contribution in [1.82, 2.24) is 10.3 Å². The van der Waals surface area contributed by atoms with Crippen LogP contribution >= 0.6 is 11.8 Å². The van der Waals surface area contributed by atoms with Crippen molar-refractivity contribution in [2.24, 2.45) is 0 Å². The summed E-state index contributed by atoms with van der Waals surface area (Å²) in [5.41, 5.74) is 3.35. The molecule has 0 aliphatic heterocycles. The number of ether oxygens (including phenoxy) is 2. The number of amides is 2. The first kappa shape index (κ1) is 40.0. The van der Waals surface area contributed by atoms with Crippen LogP contribution in [0.5, 0.6) is 17.2 Å². The molecule has 5 aromatic rings. The van der Waals surface area contributed by atoms with Gasteiger partial charge in [-0.05, 0) is 95.5 Å². The number of para-hydroxylation sites is 1. The van der Waals surface area contributed by atoms with Crippen molar-refractivity contribution in [3.05, 3.63) is 126 Å². The fraction of sp³-hybridized carbons (Fsp3) is 0.225. The molecule has 5 rings (SSSR count). The van der Waals surface area contributed by atoms with Crippen molar-refractivity contribution in [3.8, 4) is 17.2 Å². The van der Waals surface area contributed by atoms with E-state index < -0.39 is 11.4 Å². The Bertz CT molecular complexity index is 1910. The molecule has 51 heavy (non-hydrogen) atoms. The molecular formula is C40H45FN4O5S. The largest absolute Gasteiger partial charge is 0.491 e. The number of carbonyl (C=O) groups excluding carboxylic acids is 2. The van der Waals surface area contributed by atoms with Gasteiger partial charge in [-0.15, -0.1) is 11.8 Å². The second-order valence-corrected chi connectivity index (χ2v) is 12.8. The smallest absolute Gasteiger partial charge is 0.253 e. The lowest BCUT2D eigenvalue weighted by Gasteiger charge is -2.18. The Kier molecular flexibility index (Phi) is 15.5. The lowest BCUT2D eigenvalue weighted by atomic mass is 10.1. The molecule has 0 fully saturated rings. The molecule has 0 aliphatic carbocycles. The number of halogens is 1. The van der Waals surface area contributed by atoms with Crippen LogP contribution in [0.3, 0.4) is 0 Å². The predicted octanol–water partition coefficient (Wildman–Crippen LogP) is 8.74. The van der Waals surface area contributed by atoms with E-state index in [4.69, 9.17) is 9.47 Å². The van der Waals surface area contributed by atoms with E-state index in [2.05, 4.69) is 58.4 Å². The third-order valence-electron chi connectivity index (χ3n) is 7.21. The Labute approximate surface area is 303 Å². The van der Waals surface area contributed by atoms with Crippen molar-refractivity contribution < 1.29 is 28.6 Å². The van der Waals surface area contributed by atoms with Gasteiger partial charge >= 0.3 is 0 Å². The number of allylic oxidation sites excluding steroid dienone is 1. The molecule has 1 aromatic heterocycles. The van der Waals surface area contributed by atoms with Crippen molar-refractivity contribution in [2.75, 3.05) is 30.5 Å². The van der Waals surface area contributed by atoms with Crippen LogP contribution in [0.1, 0.15) is 33.3 Å². The van der Waals surface area contributed by atoms with Gasteiger partial charge in [0.2, 0.25) is 6.41 Å². The van der Waals surface area contributed by atoms with Gasteiger partial charge in [-0.25, -0.2) is 4.39 Å². The SMILES string of the molecule is CN/C(C)=C(\C)C(=O)Nc1ccc(Oc2ccnc3cc(OCC(C)(C)O)ccc23)c(F)c1.CSc1ccc(C)cc1.O=CNc1ccccc1. The minimum atomic E-state index is -0.961. The minimum Gasteiger partial charge on any atom is -0.491 e. The van der Waals surface area contributed by atoms with E-state index in [1.165, 1.54) is 22.6 Å². The van der Waals surface area contributed by atoms with E-state index in [0.29, 0.717) is 40.1 Å². The molecule has 0 spiro atoms. The Morgan fingerprint density at radius 3 is 2.25 bits per heavy atom. The van der Waals surface area contributed by atoms with E-state index in [1.54, 1.807) is 83.0 Å². The maximum Gasteiger partial charge on any atom is 0.253 e. The summed E-state index contributed by atoms with van der Waals surface area (Å²) in [6.07, 6.45) is 4.31. The van der Waals surface area contributed by atoms with Crippen molar-refractivity contribution in [2.45, 2.75) is 45.1 Å². The van der Waals surface area contributed by atoms with E-state index in [0.717, 1.165) is 11.4 Å². The van der Waals surface area contributed by atoms with Crippen molar-refractivity contribution >= 4 is 46.4 Å². The molecule has 268 valence electrons. The normalized spacial score (nSPS) is 11.1. The molecule has 0 radical (unpaired) electrons. The molecule has 0 atom stereocenters. The van der Waals surface area contributed by atoms with E-state index >= 15 is 0 Å². The van der Waals surface area contributed by atoms with Crippen LogP contribution in [0.4, 0.5) is 15.8 Å².